The molecule has 1 aliphatic rings. The van der Waals surface area contributed by atoms with Gasteiger partial charge in [-0.3, -0.25) is 9.52 Å². The van der Waals surface area contributed by atoms with Gasteiger partial charge in [-0.15, -0.1) is 0 Å². The fourth-order valence-corrected chi connectivity index (χ4v) is 4.87. The van der Waals surface area contributed by atoms with Gasteiger partial charge in [0.15, 0.2) is 11.6 Å². The molecule has 2 N–H and O–H groups in total. The summed E-state index contributed by atoms with van der Waals surface area (Å²) in [6, 6.07) is 15.9. The number of hydrogen-bond acceptors (Lipinski definition) is 4. The Morgan fingerprint density at radius 1 is 0.853 bits per heavy atom. The molecule has 1 aliphatic heterocycles. The molecule has 0 bridgehead atoms. The van der Waals surface area contributed by atoms with E-state index in [0.717, 1.165) is 25.1 Å². The molecule has 178 valence electrons. The molecular weight excluding hydrogens is 460 g/mol. The third-order valence-electron chi connectivity index (χ3n) is 5.73. The van der Waals surface area contributed by atoms with Gasteiger partial charge in [-0.05, 0) is 92.5 Å². The first-order valence-corrected chi connectivity index (χ1v) is 12.5. The van der Waals surface area contributed by atoms with E-state index in [0.29, 0.717) is 17.3 Å². The molecule has 1 amide bonds. The van der Waals surface area contributed by atoms with E-state index in [-0.39, 0.29) is 11.6 Å². The van der Waals surface area contributed by atoms with E-state index >= 15 is 0 Å². The highest BCUT2D eigenvalue weighted by Crippen LogP contribution is 2.20. The zero-order valence-electron chi connectivity index (χ0n) is 18.4. The summed E-state index contributed by atoms with van der Waals surface area (Å²) in [5.41, 5.74) is 2.40. The predicted octanol–water partition coefficient (Wildman–Crippen LogP) is 4.66. The Kier molecular flexibility index (Phi) is 7.23. The van der Waals surface area contributed by atoms with Crippen molar-refractivity contribution in [2.45, 2.75) is 24.2 Å². The van der Waals surface area contributed by atoms with Crippen molar-refractivity contribution in [3.8, 4) is 0 Å². The molecule has 34 heavy (non-hydrogen) atoms. The average molecular weight is 486 g/mol. The van der Waals surface area contributed by atoms with Gasteiger partial charge in [0.25, 0.3) is 15.9 Å². The molecule has 3 aromatic rings. The summed E-state index contributed by atoms with van der Waals surface area (Å²) in [5.74, 6) is -2.72. The largest absolute Gasteiger partial charge is 0.322 e. The Bertz CT molecular complexity index is 1260. The molecule has 1 saturated heterocycles. The Morgan fingerprint density at radius 3 is 2.15 bits per heavy atom. The molecule has 1 fully saturated rings. The van der Waals surface area contributed by atoms with Crippen LogP contribution >= 0.6 is 0 Å². The Balaban J connectivity index is 1.34. The minimum Gasteiger partial charge on any atom is -0.322 e. The number of sulfonamides is 1. The van der Waals surface area contributed by atoms with Gasteiger partial charge in [-0.1, -0.05) is 12.1 Å². The van der Waals surface area contributed by atoms with Crippen LogP contribution in [0, 0.1) is 11.6 Å². The van der Waals surface area contributed by atoms with Gasteiger partial charge in [0, 0.05) is 23.5 Å². The maximum Gasteiger partial charge on any atom is 0.261 e. The molecule has 3 aromatic carbocycles. The van der Waals surface area contributed by atoms with Crippen LogP contribution in [-0.4, -0.2) is 38.9 Å². The number of nitrogens with zero attached hydrogens (tertiary/aromatic N) is 1. The van der Waals surface area contributed by atoms with Crippen molar-refractivity contribution in [2.75, 3.05) is 29.7 Å². The van der Waals surface area contributed by atoms with E-state index in [4.69, 9.17) is 0 Å². The summed E-state index contributed by atoms with van der Waals surface area (Å²) >= 11 is 0. The van der Waals surface area contributed by atoms with Gasteiger partial charge >= 0.3 is 0 Å². The fourth-order valence-electron chi connectivity index (χ4n) is 3.80. The van der Waals surface area contributed by atoms with E-state index in [9.17, 15) is 22.0 Å². The van der Waals surface area contributed by atoms with Gasteiger partial charge in [0.05, 0.1) is 4.90 Å². The van der Waals surface area contributed by atoms with Crippen molar-refractivity contribution >= 4 is 27.3 Å². The van der Waals surface area contributed by atoms with E-state index in [2.05, 4.69) is 14.9 Å². The number of amides is 1. The lowest BCUT2D eigenvalue weighted by molar-refractivity contribution is 0.102. The summed E-state index contributed by atoms with van der Waals surface area (Å²) in [6.45, 7) is 3.37. The maximum absolute atomic E-state index is 13.4. The van der Waals surface area contributed by atoms with E-state index < -0.39 is 26.6 Å². The number of anilines is 2. The van der Waals surface area contributed by atoms with Gasteiger partial charge in [0.2, 0.25) is 0 Å². The second kappa shape index (κ2) is 10.3. The molecule has 1 heterocycles. The lowest BCUT2D eigenvalue weighted by atomic mass is 10.1. The van der Waals surface area contributed by atoms with Crippen LogP contribution < -0.4 is 10.0 Å². The number of carbonyl (C=O) groups is 1. The minimum absolute atomic E-state index is 0.184. The zero-order chi connectivity index (χ0) is 24.1. The molecule has 0 aliphatic carbocycles. The maximum atomic E-state index is 13.4. The third-order valence-corrected chi connectivity index (χ3v) is 7.11. The molecular formula is C25H25F2N3O3S. The smallest absolute Gasteiger partial charge is 0.261 e. The van der Waals surface area contributed by atoms with Crippen LogP contribution in [-0.2, 0) is 16.4 Å². The van der Waals surface area contributed by atoms with E-state index in [1.54, 1.807) is 0 Å². The quantitative estimate of drug-likeness (QED) is 0.487. The first-order valence-electron chi connectivity index (χ1n) is 11.0. The van der Waals surface area contributed by atoms with Gasteiger partial charge in [0.1, 0.15) is 0 Å². The molecule has 0 radical (unpaired) electrons. The number of halogens is 2. The second-order valence-electron chi connectivity index (χ2n) is 8.21. The molecule has 9 heteroatoms. The monoisotopic (exact) mass is 485 g/mol. The Labute approximate surface area is 197 Å². The topological polar surface area (TPSA) is 78.5 Å². The van der Waals surface area contributed by atoms with Crippen molar-refractivity contribution in [2.24, 2.45) is 0 Å². The first-order chi connectivity index (χ1) is 16.3. The summed E-state index contributed by atoms with van der Waals surface area (Å²) in [5, 5.41) is 2.82. The molecule has 4 rings (SSSR count). The van der Waals surface area contributed by atoms with Crippen LogP contribution in [0.3, 0.4) is 0 Å². The number of rotatable bonds is 8. The molecule has 0 aromatic heterocycles. The molecule has 0 atom stereocenters. The first kappa shape index (κ1) is 23.8. The molecule has 0 saturated carbocycles. The lowest BCUT2D eigenvalue weighted by Gasteiger charge is -2.14. The van der Waals surface area contributed by atoms with Crippen LogP contribution in [0.25, 0.3) is 0 Å². The summed E-state index contributed by atoms with van der Waals surface area (Å²) in [6.07, 6.45) is 3.51. The van der Waals surface area contributed by atoms with Crippen LogP contribution in [0.4, 0.5) is 20.2 Å². The van der Waals surface area contributed by atoms with Crippen LogP contribution in [0.15, 0.2) is 71.6 Å². The Morgan fingerprint density at radius 2 is 1.50 bits per heavy atom. The number of benzene rings is 3. The molecule has 0 unspecified atom stereocenters. The highest BCUT2D eigenvalue weighted by Gasteiger charge is 2.17. The highest BCUT2D eigenvalue weighted by atomic mass is 32.2. The molecule has 0 spiro atoms. The van der Waals surface area contributed by atoms with Crippen LogP contribution in [0.5, 0.6) is 0 Å². The average Bonchev–Trinajstić information content (AvgIpc) is 3.34. The van der Waals surface area contributed by atoms with Gasteiger partial charge in [-0.25, -0.2) is 17.2 Å². The lowest BCUT2D eigenvalue weighted by Crippen LogP contribution is -2.21. The highest BCUT2D eigenvalue weighted by molar-refractivity contribution is 7.92. The van der Waals surface area contributed by atoms with Crippen LogP contribution in [0.2, 0.25) is 0 Å². The number of hydrogen-bond donors (Lipinski definition) is 2. The van der Waals surface area contributed by atoms with Crippen molar-refractivity contribution in [1.82, 2.24) is 4.90 Å². The normalized spacial score (nSPS) is 14.2. The Hall–Kier alpha value is -3.30. The number of nitrogens with one attached hydrogen (secondary N) is 2. The van der Waals surface area contributed by atoms with Crippen molar-refractivity contribution in [3.63, 3.8) is 0 Å². The predicted molar refractivity (Wildman–Crippen MR) is 127 cm³/mol. The van der Waals surface area contributed by atoms with Crippen molar-refractivity contribution < 1.29 is 22.0 Å². The zero-order valence-corrected chi connectivity index (χ0v) is 19.2. The summed E-state index contributed by atoms with van der Waals surface area (Å²) in [7, 11) is -4.11. The second-order valence-corrected chi connectivity index (χ2v) is 9.89. The van der Waals surface area contributed by atoms with Gasteiger partial charge < -0.3 is 10.2 Å². The molecule has 6 nitrogen and oxygen atoms in total. The summed E-state index contributed by atoms with van der Waals surface area (Å²) < 4.78 is 53.5. The standard InChI is InChI=1S/C25H25F2N3O3S/c26-23-12-11-22(17-24(23)27)34(32,33)29-21-9-5-19(6-10-21)25(31)28-20-7-3-18(4-8-20)13-16-30-14-1-2-15-30/h3-12,17,29H,1-2,13-16H2,(H,28,31). The van der Waals surface area contributed by atoms with Crippen molar-refractivity contribution in [1.29, 1.82) is 0 Å². The van der Waals surface area contributed by atoms with Crippen LogP contribution in [0.1, 0.15) is 28.8 Å². The third kappa shape index (κ3) is 5.98. The summed E-state index contributed by atoms with van der Waals surface area (Å²) in [4.78, 5) is 14.6. The SMILES string of the molecule is O=C(Nc1ccc(CCN2CCCC2)cc1)c1ccc(NS(=O)(=O)c2ccc(F)c(F)c2)cc1. The fraction of sp³-hybridized carbons (Fsp3) is 0.240. The van der Waals surface area contributed by atoms with Crippen molar-refractivity contribution in [3.05, 3.63) is 89.5 Å². The van der Waals surface area contributed by atoms with Gasteiger partial charge in [-0.2, -0.15) is 0 Å². The van der Waals surface area contributed by atoms with E-state index in [1.807, 2.05) is 24.3 Å². The van der Waals surface area contributed by atoms with E-state index in [1.165, 1.54) is 55.8 Å². The minimum atomic E-state index is -4.11. The number of carbonyl (C=O) groups excluding carboxylic acids is 1. The number of likely N-dealkylation sites (tertiary alicyclic amines) is 1.